The number of methoxy groups -OCH3 is 1. The number of hydrogen-bond acceptors (Lipinski definition) is 7. The summed E-state index contributed by atoms with van der Waals surface area (Å²) in [6.07, 6.45) is 3.20. The molecule has 0 spiro atoms. The zero-order valence-electron chi connectivity index (χ0n) is 16.5. The number of allylic oxidation sites excluding steroid dienone is 3. The first kappa shape index (κ1) is 21.2. The Kier molecular flexibility index (Phi) is 6.28. The number of aliphatic imine (C=N–C) groups is 1. The van der Waals surface area contributed by atoms with Gasteiger partial charge in [0, 0.05) is 16.9 Å². The van der Waals surface area contributed by atoms with Crippen LogP contribution in [0.15, 0.2) is 64.3 Å². The molecule has 1 aliphatic carbocycles. The number of nitriles is 1. The van der Waals surface area contributed by atoms with Gasteiger partial charge < -0.3 is 4.74 Å². The Hall–Kier alpha value is -3.51. The lowest BCUT2D eigenvalue weighted by molar-refractivity contribution is -0.136. The number of nitrogens with two attached hydrogens (primary N) is 1. The molecule has 0 amide bonds. The topological polar surface area (TPSA) is 104 Å². The minimum absolute atomic E-state index is 0.168. The van der Waals surface area contributed by atoms with Gasteiger partial charge in [-0.15, -0.1) is 0 Å². The molecule has 3 rings (SSSR count). The number of guanidine groups is 1. The number of esters is 1. The molecule has 156 valence electrons. The Morgan fingerprint density at radius 2 is 2.23 bits per heavy atom. The van der Waals surface area contributed by atoms with Gasteiger partial charge in [0.15, 0.2) is 0 Å². The Bertz CT molecular complexity index is 1010. The molecule has 1 aliphatic heterocycles. The van der Waals surface area contributed by atoms with Crippen LogP contribution in [-0.4, -0.2) is 25.1 Å². The maximum absolute atomic E-state index is 13.2. The van der Waals surface area contributed by atoms with Crippen LogP contribution in [0.25, 0.3) is 0 Å². The molecule has 0 saturated carbocycles. The summed E-state index contributed by atoms with van der Waals surface area (Å²) in [6.45, 7) is 1.67. The second-order valence-corrected chi connectivity index (χ2v) is 6.76. The molecule has 0 radical (unpaired) electrons. The molecular weight excluding hydrogens is 392 g/mol. The minimum atomic E-state index is -2.65. The second kappa shape index (κ2) is 8.88. The highest BCUT2D eigenvalue weighted by atomic mass is 19.3. The van der Waals surface area contributed by atoms with E-state index in [9.17, 15) is 13.6 Å². The fourth-order valence-electron chi connectivity index (χ4n) is 3.49. The monoisotopic (exact) mass is 413 g/mol. The van der Waals surface area contributed by atoms with E-state index in [1.807, 2.05) is 6.08 Å². The summed E-state index contributed by atoms with van der Waals surface area (Å²) in [5.74, 6) is 5.04. The zero-order valence-corrected chi connectivity index (χ0v) is 16.5. The SMILES string of the molecule is COC(=O)C1=C(C)N(c2cccc(C(F)F)c2)C(NN)=NC1C1=CCC(C#N)C=C1. The van der Waals surface area contributed by atoms with Crippen molar-refractivity contribution in [3.63, 3.8) is 0 Å². The first-order chi connectivity index (χ1) is 14.4. The van der Waals surface area contributed by atoms with Gasteiger partial charge in [-0.2, -0.15) is 5.26 Å². The number of carbonyl (C=O) groups excluding carboxylic acids is 1. The summed E-state index contributed by atoms with van der Waals surface area (Å²) < 4.78 is 31.4. The van der Waals surface area contributed by atoms with Crippen molar-refractivity contribution in [2.45, 2.75) is 25.8 Å². The van der Waals surface area contributed by atoms with E-state index in [1.54, 1.807) is 25.1 Å². The predicted octanol–water partition coefficient (Wildman–Crippen LogP) is 3.11. The molecule has 9 heteroatoms. The summed E-state index contributed by atoms with van der Waals surface area (Å²) in [6, 6.07) is 7.20. The lowest BCUT2D eigenvalue weighted by atomic mass is 9.89. The molecule has 2 aliphatic rings. The molecule has 0 aromatic heterocycles. The fourth-order valence-corrected chi connectivity index (χ4v) is 3.49. The van der Waals surface area contributed by atoms with Crippen LogP contribution in [0.1, 0.15) is 25.3 Å². The van der Waals surface area contributed by atoms with Gasteiger partial charge in [0.1, 0.15) is 6.04 Å². The number of carbonyl (C=O) groups is 1. The smallest absolute Gasteiger partial charge is 0.338 e. The highest BCUT2D eigenvalue weighted by Gasteiger charge is 2.35. The number of hydrazine groups is 1. The molecular formula is C21H21F2N5O2. The van der Waals surface area contributed by atoms with Crippen LogP contribution in [0.3, 0.4) is 0 Å². The number of halogens is 2. The van der Waals surface area contributed by atoms with E-state index in [0.717, 1.165) is 5.57 Å². The number of hydrogen-bond donors (Lipinski definition) is 2. The van der Waals surface area contributed by atoms with Gasteiger partial charge in [-0.25, -0.2) is 24.4 Å². The van der Waals surface area contributed by atoms with Crippen molar-refractivity contribution in [2.75, 3.05) is 12.0 Å². The lowest BCUT2D eigenvalue weighted by Crippen LogP contribution is -2.49. The van der Waals surface area contributed by atoms with Gasteiger partial charge in [-0.1, -0.05) is 30.4 Å². The first-order valence-corrected chi connectivity index (χ1v) is 9.20. The van der Waals surface area contributed by atoms with Gasteiger partial charge in [0.05, 0.1) is 24.7 Å². The van der Waals surface area contributed by atoms with Crippen molar-refractivity contribution in [3.8, 4) is 6.07 Å². The van der Waals surface area contributed by atoms with Gasteiger partial charge >= 0.3 is 5.97 Å². The molecule has 30 heavy (non-hydrogen) atoms. The third-order valence-electron chi connectivity index (χ3n) is 4.99. The van der Waals surface area contributed by atoms with Crippen LogP contribution in [-0.2, 0) is 9.53 Å². The highest BCUT2D eigenvalue weighted by Crippen LogP contribution is 2.34. The van der Waals surface area contributed by atoms with Crippen molar-refractivity contribution in [3.05, 3.63) is 64.9 Å². The number of alkyl halides is 2. The number of ether oxygens (including phenoxy) is 1. The van der Waals surface area contributed by atoms with Crippen LogP contribution in [0.5, 0.6) is 0 Å². The van der Waals surface area contributed by atoms with Gasteiger partial charge in [0.25, 0.3) is 6.43 Å². The number of anilines is 1. The Morgan fingerprint density at radius 1 is 1.47 bits per heavy atom. The number of rotatable bonds is 4. The third kappa shape index (κ3) is 3.95. The average Bonchev–Trinajstić information content (AvgIpc) is 2.77. The Morgan fingerprint density at radius 3 is 2.80 bits per heavy atom. The molecule has 1 aromatic carbocycles. The quantitative estimate of drug-likeness (QED) is 0.447. The standard InChI is InChI=1S/C21H21F2N5O2/c1-12-17(20(29)30-2)18(14-8-6-13(11-24)7-9-14)26-21(27-25)28(12)16-5-3-4-15(10-16)19(22)23/h3-6,8-10,13,18-19H,7,25H2,1-2H3,(H,26,27). The lowest BCUT2D eigenvalue weighted by Gasteiger charge is -2.35. The fraction of sp³-hybridized carbons (Fsp3) is 0.286. The van der Waals surface area contributed by atoms with Crippen molar-refractivity contribution in [2.24, 2.45) is 16.8 Å². The number of nitrogens with one attached hydrogen (secondary N) is 1. The second-order valence-electron chi connectivity index (χ2n) is 6.76. The Balaban J connectivity index is 2.11. The molecule has 3 N–H and O–H groups in total. The summed E-state index contributed by atoms with van der Waals surface area (Å²) in [5, 5.41) is 9.08. The van der Waals surface area contributed by atoms with Crippen LogP contribution < -0.4 is 16.2 Å². The van der Waals surface area contributed by atoms with Crippen molar-refractivity contribution in [1.82, 2.24) is 5.43 Å². The van der Waals surface area contributed by atoms with Crippen molar-refractivity contribution < 1.29 is 18.3 Å². The van der Waals surface area contributed by atoms with Gasteiger partial charge in [-0.05, 0) is 31.1 Å². The van der Waals surface area contributed by atoms with E-state index in [-0.39, 0.29) is 23.0 Å². The van der Waals surface area contributed by atoms with E-state index in [0.29, 0.717) is 17.8 Å². The molecule has 0 fully saturated rings. The molecule has 0 saturated heterocycles. The zero-order chi connectivity index (χ0) is 21.8. The summed E-state index contributed by atoms with van der Waals surface area (Å²) in [7, 11) is 1.26. The van der Waals surface area contributed by atoms with E-state index in [1.165, 1.54) is 30.2 Å². The Labute approximate surface area is 172 Å². The first-order valence-electron chi connectivity index (χ1n) is 9.20. The van der Waals surface area contributed by atoms with Crippen molar-refractivity contribution in [1.29, 1.82) is 5.26 Å². The third-order valence-corrected chi connectivity index (χ3v) is 4.99. The summed E-state index contributed by atoms with van der Waals surface area (Å²) >= 11 is 0. The van der Waals surface area contributed by atoms with E-state index in [4.69, 9.17) is 15.8 Å². The molecule has 0 bridgehead atoms. The number of benzene rings is 1. The van der Waals surface area contributed by atoms with Gasteiger partial charge in [-0.3, -0.25) is 10.3 Å². The van der Waals surface area contributed by atoms with Crippen LogP contribution in [0.2, 0.25) is 0 Å². The van der Waals surface area contributed by atoms with Crippen molar-refractivity contribution >= 4 is 17.6 Å². The molecule has 2 atom stereocenters. The maximum Gasteiger partial charge on any atom is 0.338 e. The largest absolute Gasteiger partial charge is 0.466 e. The van der Waals surface area contributed by atoms with E-state index >= 15 is 0 Å². The van der Waals surface area contributed by atoms with E-state index < -0.39 is 18.4 Å². The minimum Gasteiger partial charge on any atom is -0.466 e. The summed E-state index contributed by atoms with van der Waals surface area (Å²) in [4.78, 5) is 18.7. The molecule has 7 nitrogen and oxygen atoms in total. The van der Waals surface area contributed by atoms with E-state index in [2.05, 4.69) is 16.5 Å². The maximum atomic E-state index is 13.2. The average molecular weight is 413 g/mol. The van der Waals surface area contributed by atoms with Gasteiger partial charge in [0.2, 0.25) is 5.96 Å². The van der Waals surface area contributed by atoms with Crippen LogP contribution in [0.4, 0.5) is 14.5 Å². The highest BCUT2D eigenvalue weighted by molar-refractivity contribution is 6.05. The normalized spacial score (nSPS) is 21.2. The van der Waals surface area contributed by atoms with Crippen LogP contribution >= 0.6 is 0 Å². The predicted molar refractivity (Wildman–Crippen MR) is 108 cm³/mol. The molecule has 1 aromatic rings. The number of nitrogens with zero attached hydrogens (tertiary/aromatic N) is 3. The molecule has 1 heterocycles. The van der Waals surface area contributed by atoms with Crippen LogP contribution in [0, 0.1) is 17.2 Å². The molecule has 2 unspecified atom stereocenters. The summed E-state index contributed by atoms with van der Waals surface area (Å²) in [5.41, 5.74) is 4.12.